The molecule has 4 nitrogen and oxygen atoms in total. The van der Waals surface area contributed by atoms with Crippen molar-refractivity contribution < 1.29 is 24.4 Å². The van der Waals surface area contributed by atoms with E-state index in [4.69, 9.17) is 5.11 Å². The molecule has 1 heterocycles. The highest BCUT2D eigenvalue weighted by Crippen LogP contribution is 2.27. The van der Waals surface area contributed by atoms with E-state index in [1.165, 1.54) is 0 Å². The summed E-state index contributed by atoms with van der Waals surface area (Å²) in [5.74, 6) is 0. The van der Waals surface area contributed by atoms with Crippen molar-refractivity contribution in [3.05, 3.63) is 0 Å². The average molecular weight is 292 g/mol. The Kier molecular flexibility index (Phi) is 3.65. The summed E-state index contributed by atoms with van der Waals surface area (Å²) in [5.41, 5.74) is 0. The fraction of sp³-hybridized carbons (Fsp3) is 1.00. The molecule has 0 radical (unpaired) electrons. The standard InChI is InChI=1S/C6H10FIO4/c7-6-3(8)5(11)4(10)2(1-9)12-6/h2-6,9-11H,1H2/t2-,3+,4+,5+,6?/m1/s1. The summed E-state index contributed by atoms with van der Waals surface area (Å²) in [4.78, 5) is 0. The zero-order valence-corrected chi connectivity index (χ0v) is 8.26. The van der Waals surface area contributed by atoms with E-state index in [-0.39, 0.29) is 0 Å². The molecule has 0 aromatic rings. The molecule has 1 fully saturated rings. The number of ether oxygens (including phenoxy) is 1. The van der Waals surface area contributed by atoms with Crippen LogP contribution < -0.4 is 0 Å². The van der Waals surface area contributed by atoms with Crippen LogP contribution in [0.4, 0.5) is 4.39 Å². The predicted octanol–water partition coefficient (Wildman–Crippen LogP) is -0.802. The first-order chi connectivity index (χ1) is 5.57. The van der Waals surface area contributed by atoms with Gasteiger partial charge in [0.2, 0.25) is 6.36 Å². The van der Waals surface area contributed by atoms with E-state index in [0.717, 1.165) is 0 Å². The summed E-state index contributed by atoms with van der Waals surface area (Å²) in [6.45, 7) is -0.498. The van der Waals surface area contributed by atoms with Crippen LogP contribution in [-0.2, 0) is 4.74 Å². The van der Waals surface area contributed by atoms with Crippen LogP contribution in [-0.4, -0.2) is 50.5 Å². The highest BCUT2D eigenvalue weighted by Gasteiger charge is 2.42. The van der Waals surface area contributed by atoms with Gasteiger partial charge in [0.15, 0.2) is 0 Å². The van der Waals surface area contributed by atoms with Crippen LogP contribution >= 0.6 is 22.6 Å². The maximum atomic E-state index is 12.8. The van der Waals surface area contributed by atoms with Crippen LogP contribution in [0.25, 0.3) is 0 Å². The molecule has 0 bridgehead atoms. The van der Waals surface area contributed by atoms with Gasteiger partial charge in [-0.05, 0) is 0 Å². The summed E-state index contributed by atoms with van der Waals surface area (Å²) >= 11 is 1.66. The Morgan fingerprint density at radius 1 is 1.33 bits per heavy atom. The third kappa shape index (κ3) is 1.87. The quantitative estimate of drug-likeness (QED) is 0.437. The van der Waals surface area contributed by atoms with Crippen LogP contribution in [0.5, 0.6) is 0 Å². The van der Waals surface area contributed by atoms with Gasteiger partial charge in [-0.25, -0.2) is 4.39 Å². The van der Waals surface area contributed by atoms with E-state index >= 15 is 0 Å². The highest BCUT2D eigenvalue weighted by atomic mass is 127. The number of hydrogen-bond acceptors (Lipinski definition) is 4. The van der Waals surface area contributed by atoms with Crippen molar-refractivity contribution in [2.24, 2.45) is 0 Å². The van der Waals surface area contributed by atoms with E-state index in [1.807, 2.05) is 0 Å². The first kappa shape index (κ1) is 10.6. The van der Waals surface area contributed by atoms with E-state index in [2.05, 4.69) is 4.74 Å². The molecular formula is C6H10FIO4. The van der Waals surface area contributed by atoms with Gasteiger partial charge >= 0.3 is 0 Å². The molecule has 1 rings (SSSR count). The first-order valence-electron chi connectivity index (χ1n) is 3.48. The first-order valence-corrected chi connectivity index (χ1v) is 4.73. The van der Waals surface area contributed by atoms with Crippen molar-refractivity contribution in [2.45, 2.75) is 28.6 Å². The summed E-state index contributed by atoms with van der Waals surface area (Å²) < 4.78 is 16.6. The molecular weight excluding hydrogens is 282 g/mol. The Morgan fingerprint density at radius 3 is 2.42 bits per heavy atom. The molecule has 0 aliphatic carbocycles. The van der Waals surface area contributed by atoms with E-state index in [0.29, 0.717) is 0 Å². The number of rotatable bonds is 1. The largest absolute Gasteiger partial charge is 0.394 e. The number of aliphatic hydroxyl groups is 3. The average Bonchev–Trinajstić information content (AvgIpc) is 2.08. The third-order valence-corrected chi connectivity index (χ3v) is 3.09. The molecule has 1 aliphatic heterocycles. The Bertz CT molecular complexity index is 154. The second kappa shape index (κ2) is 4.14. The van der Waals surface area contributed by atoms with E-state index < -0.39 is 35.2 Å². The van der Waals surface area contributed by atoms with E-state index in [9.17, 15) is 14.6 Å². The molecule has 0 aromatic heterocycles. The van der Waals surface area contributed by atoms with Gasteiger partial charge in [0.05, 0.1) is 16.6 Å². The van der Waals surface area contributed by atoms with Gasteiger partial charge < -0.3 is 20.1 Å². The van der Waals surface area contributed by atoms with Crippen molar-refractivity contribution in [1.82, 2.24) is 0 Å². The molecule has 0 saturated carbocycles. The van der Waals surface area contributed by atoms with Gasteiger partial charge in [-0.15, -0.1) is 0 Å². The minimum atomic E-state index is -1.64. The summed E-state index contributed by atoms with van der Waals surface area (Å²) in [7, 11) is 0. The number of hydrogen-bond donors (Lipinski definition) is 3. The summed E-state index contributed by atoms with van der Waals surface area (Å²) in [5, 5.41) is 27.1. The molecule has 0 aromatic carbocycles. The molecule has 1 unspecified atom stereocenters. The second-order valence-electron chi connectivity index (χ2n) is 2.63. The Balaban J connectivity index is 2.63. The van der Waals surface area contributed by atoms with Crippen LogP contribution in [0.3, 0.4) is 0 Å². The van der Waals surface area contributed by atoms with Crippen LogP contribution in [0.15, 0.2) is 0 Å². The van der Waals surface area contributed by atoms with Crippen molar-refractivity contribution in [1.29, 1.82) is 0 Å². The van der Waals surface area contributed by atoms with Crippen LogP contribution in [0, 0.1) is 0 Å². The van der Waals surface area contributed by atoms with Crippen LogP contribution in [0.1, 0.15) is 0 Å². The molecule has 6 heteroatoms. The molecule has 72 valence electrons. The third-order valence-electron chi connectivity index (χ3n) is 1.79. The lowest BCUT2D eigenvalue weighted by molar-refractivity contribution is -0.206. The van der Waals surface area contributed by atoms with Gasteiger partial charge in [-0.3, -0.25) is 0 Å². The lowest BCUT2D eigenvalue weighted by Gasteiger charge is -2.36. The fourth-order valence-electron chi connectivity index (χ4n) is 1.04. The molecule has 0 spiro atoms. The molecule has 1 saturated heterocycles. The van der Waals surface area contributed by atoms with Gasteiger partial charge in [0, 0.05) is 0 Å². The Morgan fingerprint density at radius 2 is 1.92 bits per heavy atom. The second-order valence-corrected chi connectivity index (χ2v) is 4.07. The predicted molar refractivity (Wildman–Crippen MR) is 46.7 cm³/mol. The molecule has 1 aliphatic rings. The van der Waals surface area contributed by atoms with Gasteiger partial charge in [0.1, 0.15) is 12.2 Å². The zero-order chi connectivity index (χ0) is 9.30. The monoisotopic (exact) mass is 292 g/mol. The van der Waals surface area contributed by atoms with Crippen molar-refractivity contribution in [2.75, 3.05) is 6.61 Å². The number of aliphatic hydroxyl groups excluding tert-OH is 3. The Labute approximate surface area is 82.5 Å². The fourth-order valence-corrected chi connectivity index (χ4v) is 1.63. The maximum absolute atomic E-state index is 12.8. The normalized spacial score (nSPS) is 49.2. The topological polar surface area (TPSA) is 69.9 Å². The number of halogens is 2. The zero-order valence-electron chi connectivity index (χ0n) is 6.10. The van der Waals surface area contributed by atoms with Gasteiger partial charge in [0.25, 0.3) is 0 Å². The minimum Gasteiger partial charge on any atom is -0.394 e. The number of alkyl halides is 2. The van der Waals surface area contributed by atoms with Crippen molar-refractivity contribution in [3.8, 4) is 0 Å². The van der Waals surface area contributed by atoms with Crippen molar-refractivity contribution >= 4 is 22.6 Å². The smallest absolute Gasteiger partial charge is 0.213 e. The highest BCUT2D eigenvalue weighted by molar-refractivity contribution is 14.1. The lowest BCUT2D eigenvalue weighted by Crippen LogP contribution is -2.55. The molecule has 5 atom stereocenters. The minimum absolute atomic E-state index is 0.498. The maximum Gasteiger partial charge on any atom is 0.213 e. The van der Waals surface area contributed by atoms with Crippen molar-refractivity contribution in [3.63, 3.8) is 0 Å². The van der Waals surface area contributed by atoms with E-state index in [1.54, 1.807) is 22.6 Å². The van der Waals surface area contributed by atoms with Crippen LogP contribution in [0.2, 0.25) is 0 Å². The summed E-state index contributed by atoms with van der Waals surface area (Å²) in [6, 6.07) is 0. The van der Waals surface area contributed by atoms with Gasteiger partial charge in [-0.1, -0.05) is 22.6 Å². The SMILES string of the molecule is OC[C@H]1OC(F)[C@@H](I)[C@H](O)[C@H]1O. The molecule has 12 heavy (non-hydrogen) atoms. The lowest BCUT2D eigenvalue weighted by atomic mass is 10.0. The Hall–Kier alpha value is 0.500. The van der Waals surface area contributed by atoms with Gasteiger partial charge in [-0.2, -0.15) is 0 Å². The summed E-state index contributed by atoms with van der Waals surface area (Å²) in [6.07, 6.45) is -5.07. The molecule has 3 N–H and O–H groups in total. The molecule has 0 amide bonds.